The van der Waals surface area contributed by atoms with Gasteiger partial charge in [-0.2, -0.15) is 0 Å². The number of carbonyl (C=O) groups is 2. The van der Waals surface area contributed by atoms with Crippen molar-refractivity contribution in [2.24, 2.45) is 0 Å². The fraction of sp³-hybridized carbons (Fsp3) is 0.0357. The molecule has 8 nitrogen and oxygen atoms in total. The summed E-state index contributed by atoms with van der Waals surface area (Å²) in [6.45, 7) is 0.141. The largest absolute Gasteiger partial charge is 0.486 e. The third-order valence-electron chi connectivity index (χ3n) is 5.35. The lowest BCUT2D eigenvalue weighted by molar-refractivity contribution is 0.0828. The number of rotatable bonds is 7. The fourth-order valence-corrected chi connectivity index (χ4v) is 3.54. The number of aromatic nitrogens is 1. The van der Waals surface area contributed by atoms with Gasteiger partial charge in [0.15, 0.2) is 11.5 Å². The molecule has 37 heavy (non-hydrogen) atoms. The van der Waals surface area contributed by atoms with Crippen LogP contribution in [0, 0.1) is 5.82 Å². The first-order valence-corrected chi connectivity index (χ1v) is 11.3. The lowest BCUT2D eigenvalue weighted by atomic mass is 10.1. The Kier molecular flexibility index (Phi) is 6.76. The second-order valence-electron chi connectivity index (χ2n) is 7.83. The summed E-state index contributed by atoms with van der Waals surface area (Å²) in [5.41, 5.74) is 5.51. The molecule has 9 heteroatoms. The maximum Gasteiger partial charge on any atom is 0.305 e. The minimum Gasteiger partial charge on any atom is -0.486 e. The van der Waals surface area contributed by atoms with E-state index in [-0.39, 0.29) is 35.1 Å². The standard InChI is InChI=1S/C28H20FN3O5/c29-23-13-7-6-12-22(23)25-16-30-28(37-25)21-11-5-4-10-20(21)26(33)31-32-27(34)24-15-14-19(36-24)17-35-18-8-2-1-3-9-18/h1-16H,17H2,(H,31,33)(H,32,34). The van der Waals surface area contributed by atoms with Crippen molar-refractivity contribution >= 4 is 11.8 Å². The molecule has 5 rings (SSSR count). The minimum atomic E-state index is -0.644. The number of furan rings is 1. The molecule has 0 aliphatic carbocycles. The van der Waals surface area contributed by atoms with Gasteiger partial charge in [-0.05, 0) is 48.5 Å². The molecular weight excluding hydrogens is 477 g/mol. The molecule has 0 aliphatic rings. The molecule has 0 aliphatic heterocycles. The first kappa shape index (κ1) is 23.6. The Morgan fingerprint density at radius 3 is 2.30 bits per heavy atom. The van der Waals surface area contributed by atoms with Gasteiger partial charge in [0.25, 0.3) is 5.91 Å². The van der Waals surface area contributed by atoms with E-state index in [0.717, 1.165) is 0 Å². The number of hydrogen-bond donors (Lipinski definition) is 2. The third-order valence-corrected chi connectivity index (χ3v) is 5.35. The summed E-state index contributed by atoms with van der Waals surface area (Å²) in [6.07, 6.45) is 1.39. The van der Waals surface area contributed by atoms with E-state index in [0.29, 0.717) is 17.1 Å². The van der Waals surface area contributed by atoms with E-state index in [9.17, 15) is 14.0 Å². The van der Waals surface area contributed by atoms with Gasteiger partial charge in [0.2, 0.25) is 5.89 Å². The van der Waals surface area contributed by atoms with Crippen LogP contribution >= 0.6 is 0 Å². The number of hydrazine groups is 1. The summed E-state index contributed by atoms with van der Waals surface area (Å²) < 4.78 is 31.0. The van der Waals surface area contributed by atoms with Gasteiger partial charge < -0.3 is 13.6 Å². The van der Waals surface area contributed by atoms with E-state index in [4.69, 9.17) is 13.6 Å². The highest BCUT2D eigenvalue weighted by molar-refractivity contribution is 6.01. The quantitative estimate of drug-likeness (QED) is 0.292. The van der Waals surface area contributed by atoms with E-state index in [1.165, 1.54) is 18.3 Å². The maximum absolute atomic E-state index is 14.1. The van der Waals surface area contributed by atoms with Gasteiger partial charge in [0, 0.05) is 5.56 Å². The molecule has 2 amide bonds. The van der Waals surface area contributed by atoms with E-state index in [1.807, 2.05) is 30.3 Å². The van der Waals surface area contributed by atoms with Gasteiger partial charge in [0.05, 0.1) is 17.3 Å². The predicted molar refractivity (Wildman–Crippen MR) is 132 cm³/mol. The molecular formula is C28H20FN3O5. The van der Waals surface area contributed by atoms with Crippen LogP contribution in [0.15, 0.2) is 106 Å². The highest BCUT2D eigenvalue weighted by atomic mass is 19.1. The molecule has 0 saturated carbocycles. The SMILES string of the molecule is O=C(NNC(=O)c1ccccc1-c1ncc(-c2ccccc2F)o1)c1ccc(COc2ccccc2)o1. The Labute approximate surface area is 210 Å². The first-order chi connectivity index (χ1) is 18.1. The van der Waals surface area contributed by atoms with Crippen molar-refractivity contribution < 1.29 is 27.6 Å². The van der Waals surface area contributed by atoms with E-state index < -0.39 is 17.6 Å². The van der Waals surface area contributed by atoms with Crippen LogP contribution in [-0.4, -0.2) is 16.8 Å². The van der Waals surface area contributed by atoms with Crippen LogP contribution < -0.4 is 15.6 Å². The zero-order valence-corrected chi connectivity index (χ0v) is 19.3. The summed E-state index contributed by atoms with van der Waals surface area (Å²) in [6, 6.07) is 25.0. The Balaban J connectivity index is 1.24. The van der Waals surface area contributed by atoms with Crippen molar-refractivity contribution in [1.82, 2.24) is 15.8 Å². The first-order valence-electron chi connectivity index (χ1n) is 11.3. The van der Waals surface area contributed by atoms with Gasteiger partial charge in [-0.15, -0.1) is 0 Å². The highest BCUT2D eigenvalue weighted by Crippen LogP contribution is 2.29. The number of para-hydroxylation sites is 1. The molecule has 2 N–H and O–H groups in total. The average Bonchev–Trinajstić information content (AvgIpc) is 3.62. The normalized spacial score (nSPS) is 10.6. The Morgan fingerprint density at radius 2 is 1.49 bits per heavy atom. The number of benzene rings is 3. The van der Waals surface area contributed by atoms with Gasteiger partial charge in [-0.25, -0.2) is 9.37 Å². The topological polar surface area (TPSA) is 107 Å². The molecule has 0 unspecified atom stereocenters. The van der Waals surface area contributed by atoms with Crippen molar-refractivity contribution in [1.29, 1.82) is 0 Å². The number of hydrogen-bond acceptors (Lipinski definition) is 6. The van der Waals surface area contributed by atoms with E-state index in [2.05, 4.69) is 15.8 Å². The van der Waals surface area contributed by atoms with Crippen molar-refractivity contribution in [2.45, 2.75) is 6.61 Å². The van der Waals surface area contributed by atoms with Crippen LogP contribution in [-0.2, 0) is 6.61 Å². The van der Waals surface area contributed by atoms with Crippen LogP contribution in [0.1, 0.15) is 26.7 Å². The Bertz CT molecular complexity index is 1540. The summed E-state index contributed by atoms with van der Waals surface area (Å²) in [5, 5.41) is 0. The zero-order chi connectivity index (χ0) is 25.6. The second-order valence-corrected chi connectivity index (χ2v) is 7.83. The number of nitrogens with zero attached hydrogens (tertiary/aromatic N) is 1. The fourth-order valence-electron chi connectivity index (χ4n) is 3.54. The van der Waals surface area contributed by atoms with E-state index >= 15 is 0 Å². The molecule has 2 aromatic heterocycles. The number of amides is 2. The van der Waals surface area contributed by atoms with Gasteiger partial charge in [-0.3, -0.25) is 20.4 Å². The van der Waals surface area contributed by atoms with Crippen LogP contribution in [0.3, 0.4) is 0 Å². The summed E-state index contributed by atoms with van der Waals surface area (Å²) in [7, 11) is 0. The molecule has 3 aromatic carbocycles. The van der Waals surface area contributed by atoms with Crippen LogP contribution in [0.25, 0.3) is 22.8 Å². The Hall–Kier alpha value is -5.18. The maximum atomic E-state index is 14.1. The summed E-state index contributed by atoms with van der Waals surface area (Å²) in [5.74, 6) is -0.230. The smallest absolute Gasteiger partial charge is 0.305 e. The van der Waals surface area contributed by atoms with Gasteiger partial charge >= 0.3 is 5.91 Å². The molecule has 2 heterocycles. The Morgan fingerprint density at radius 1 is 0.784 bits per heavy atom. The lowest BCUT2D eigenvalue weighted by Gasteiger charge is -2.09. The highest BCUT2D eigenvalue weighted by Gasteiger charge is 2.19. The third kappa shape index (κ3) is 5.40. The van der Waals surface area contributed by atoms with Gasteiger partial charge in [0.1, 0.15) is 23.9 Å². The number of oxazole rings is 1. The van der Waals surface area contributed by atoms with Crippen molar-refractivity contribution in [3.8, 4) is 28.5 Å². The molecule has 0 saturated heterocycles. The van der Waals surface area contributed by atoms with Crippen LogP contribution in [0.5, 0.6) is 5.75 Å². The number of ether oxygens (including phenoxy) is 1. The van der Waals surface area contributed by atoms with Gasteiger partial charge in [-0.1, -0.05) is 42.5 Å². The molecule has 0 fully saturated rings. The predicted octanol–water partition coefficient (Wildman–Crippen LogP) is 5.39. The average molecular weight is 497 g/mol. The van der Waals surface area contributed by atoms with Crippen LogP contribution in [0.4, 0.5) is 4.39 Å². The monoisotopic (exact) mass is 497 g/mol. The van der Waals surface area contributed by atoms with Crippen molar-refractivity contribution in [3.05, 3.63) is 120 Å². The van der Waals surface area contributed by atoms with Crippen LogP contribution in [0.2, 0.25) is 0 Å². The number of carbonyl (C=O) groups excluding carboxylic acids is 2. The van der Waals surface area contributed by atoms with E-state index in [1.54, 1.807) is 48.5 Å². The number of halogens is 1. The molecule has 5 aromatic rings. The lowest BCUT2D eigenvalue weighted by Crippen LogP contribution is -2.41. The molecule has 0 spiro atoms. The molecule has 0 radical (unpaired) electrons. The number of nitrogens with one attached hydrogen (secondary N) is 2. The summed E-state index contributed by atoms with van der Waals surface area (Å²) >= 11 is 0. The molecule has 0 bridgehead atoms. The van der Waals surface area contributed by atoms with Crippen molar-refractivity contribution in [3.63, 3.8) is 0 Å². The molecule has 0 atom stereocenters. The zero-order valence-electron chi connectivity index (χ0n) is 19.3. The minimum absolute atomic E-state index is 0.00229. The second kappa shape index (κ2) is 10.6. The molecule has 184 valence electrons. The summed E-state index contributed by atoms with van der Waals surface area (Å²) in [4.78, 5) is 29.6. The van der Waals surface area contributed by atoms with Crippen molar-refractivity contribution in [2.75, 3.05) is 0 Å².